The van der Waals surface area contributed by atoms with E-state index in [-0.39, 0.29) is 0 Å². The van der Waals surface area contributed by atoms with Gasteiger partial charge in [0.2, 0.25) is 17.7 Å². The Morgan fingerprint density at radius 2 is 2.12 bits per heavy atom. The molecule has 1 unspecified atom stereocenters. The first-order valence-corrected chi connectivity index (χ1v) is 9.15. The molecular formula is C17H25N7O2. The molecule has 9 heteroatoms. The maximum absolute atomic E-state index is 5.93. The van der Waals surface area contributed by atoms with E-state index < -0.39 is 0 Å². The number of nitrogens with zero attached hydrogens (tertiary/aromatic N) is 5. The summed E-state index contributed by atoms with van der Waals surface area (Å²) in [6, 6.07) is 0. The summed E-state index contributed by atoms with van der Waals surface area (Å²) in [5.41, 5.74) is 8.10. The number of aromatic nitrogens is 4. The van der Waals surface area contributed by atoms with Gasteiger partial charge in [-0.1, -0.05) is 0 Å². The highest BCUT2D eigenvalue weighted by Crippen LogP contribution is 2.24. The molecule has 9 nitrogen and oxygen atoms in total. The highest BCUT2D eigenvalue weighted by Gasteiger charge is 2.23. The van der Waals surface area contributed by atoms with Crippen LogP contribution in [0, 0.1) is 12.8 Å². The van der Waals surface area contributed by atoms with Gasteiger partial charge in [0, 0.05) is 45.1 Å². The molecule has 2 aromatic heterocycles. The van der Waals surface area contributed by atoms with Crippen molar-refractivity contribution in [3.8, 4) is 0 Å². The second-order valence-electron chi connectivity index (χ2n) is 6.95. The van der Waals surface area contributed by atoms with Crippen molar-refractivity contribution in [1.82, 2.24) is 25.1 Å². The van der Waals surface area contributed by atoms with E-state index in [1.54, 1.807) is 6.92 Å². The standard InChI is InChI=1S/C17H25N7O2/c1-11-22-23-15(26-11)8-19-16-13-2-5-24(9-12-4-7-25-10-12)6-3-14(13)20-17(18)21-16/h12H,2-10H2,1H3,(H3,18,19,20,21). The van der Waals surface area contributed by atoms with E-state index in [0.717, 1.165) is 69.2 Å². The van der Waals surface area contributed by atoms with Crippen LogP contribution in [0.2, 0.25) is 0 Å². The number of hydrogen-bond acceptors (Lipinski definition) is 9. The number of fused-ring (bicyclic) bond motifs is 1. The molecule has 4 heterocycles. The third kappa shape index (κ3) is 3.94. The number of ether oxygens (including phenoxy) is 1. The Hall–Kier alpha value is -2.26. The lowest BCUT2D eigenvalue weighted by Gasteiger charge is -2.22. The van der Waals surface area contributed by atoms with Crippen LogP contribution in [-0.4, -0.2) is 57.9 Å². The third-order valence-electron chi connectivity index (χ3n) is 4.97. The van der Waals surface area contributed by atoms with Crippen molar-refractivity contribution >= 4 is 11.8 Å². The molecule has 0 amide bonds. The van der Waals surface area contributed by atoms with Gasteiger partial charge >= 0.3 is 0 Å². The van der Waals surface area contributed by atoms with Crippen molar-refractivity contribution in [3.63, 3.8) is 0 Å². The van der Waals surface area contributed by atoms with E-state index in [2.05, 4.69) is 30.4 Å². The second kappa shape index (κ2) is 7.55. The van der Waals surface area contributed by atoms with Crippen LogP contribution in [0.15, 0.2) is 4.42 Å². The molecule has 1 atom stereocenters. The van der Waals surface area contributed by atoms with Crippen LogP contribution in [-0.2, 0) is 24.1 Å². The van der Waals surface area contributed by atoms with Crippen molar-refractivity contribution in [2.24, 2.45) is 5.92 Å². The van der Waals surface area contributed by atoms with E-state index in [1.807, 2.05) is 0 Å². The predicted molar refractivity (Wildman–Crippen MR) is 95.6 cm³/mol. The molecule has 26 heavy (non-hydrogen) atoms. The lowest BCUT2D eigenvalue weighted by Crippen LogP contribution is -2.32. The van der Waals surface area contributed by atoms with Crippen molar-refractivity contribution in [3.05, 3.63) is 23.0 Å². The fraction of sp³-hybridized carbons (Fsp3) is 0.647. The molecule has 0 saturated carbocycles. The summed E-state index contributed by atoms with van der Waals surface area (Å²) in [5, 5.41) is 11.1. The normalized spacial score (nSPS) is 20.7. The number of hydrogen-bond donors (Lipinski definition) is 2. The zero-order valence-electron chi connectivity index (χ0n) is 15.1. The quantitative estimate of drug-likeness (QED) is 0.799. The number of aryl methyl sites for hydroxylation is 1. The van der Waals surface area contributed by atoms with E-state index in [4.69, 9.17) is 14.9 Å². The van der Waals surface area contributed by atoms with Crippen molar-refractivity contribution in [2.45, 2.75) is 32.7 Å². The number of nitrogens with one attached hydrogen (secondary N) is 1. The zero-order valence-corrected chi connectivity index (χ0v) is 15.1. The summed E-state index contributed by atoms with van der Waals surface area (Å²) in [6.45, 7) is 7.03. The highest BCUT2D eigenvalue weighted by atomic mass is 16.5. The van der Waals surface area contributed by atoms with E-state index in [9.17, 15) is 0 Å². The Morgan fingerprint density at radius 3 is 2.88 bits per heavy atom. The molecule has 2 aliphatic heterocycles. The number of nitrogens with two attached hydrogens (primary N) is 1. The summed E-state index contributed by atoms with van der Waals surface area (Å²) in [5.74, 6) is 2.80. The van der Waals surface area contributed by atoms with Gasteiger partial charge in [-0.05, 0) is 18.8 Å². The topological polar surface area (TPSA) is 115 Å². The Balaban J connectivity index is 1.45. The third-order valence-corrected chi connectivity index (χ3v) is 4.97. The maximum atomic E-state index is 5.93. The number of rotatable bonds is 5. The van der Waals surface area contributed by atoms with Gasteiger partial charge in [-0.15, -0.1) is 10.2 Å². The van der Waals surface area contributed by atoms with Crippen LogP contribution < -0.4 is 11.1 Å². The molecule has 4 rings (SSSR count). The van der Waals surface area contributed by atoms with Gasteiger partial charge in [-0.25, -0.2) is 4.98 Å². The molecule has 0 bridgehead atoms. The first kappa shape index (κ1) is 17.2. The number of nitrogen functional groups attached to an aromatic ring is 1. The molecule has 0 aromatic carbocycles. The average Bonchev–Trinajstić information content (AvgIpc) is 3.23. The highest BCUT2D eigenvalue weighted by molar-refractivity contribution is 5.50. The van der Waals surface area contributed by atoms with Crippen LogP contribution in [0.5, 0.6) is 0 Å². The van der Waals surface area contributed by atoms with Gasteiger partial charge in [0.05, 0.1) is 18.8 Å². The minimum Gasteiger partial charge on any atom is -0.424 e. The van der Waals surface area contributed by atoms with Gasteiger partial charge in [0.25, 0.3) is 0 Å². The molecule has 1 saturated heterocycles. The summed E-state index contributed by atoms with van der Waals surface area (Å²) >= 11 is 0. The lowest BCUT2D eigenvalue weighted by atomic mass is 10.1. The van der Waals surface area contributed by atoms with E-state index >= 15 is 0 Å². The van der Waals surface area contributed by atoms with Gasteiger partial charge in [0.1, 0.15) is 5.82 Å². The minimum absolute atomic E-state index is 0.297. The largest absolute Gasteiger partial charge is 0.424 e. The fourth-order valence-corrected chi connectivity index (χ4v) is 3.65. The van der Waals surface area contributed by atoms with Crippen LogP contribution in [0.4, 0.5) is 11.8 Å². The summed E-state index contributed by atoms with van der Waals surface area (Å²) in [7, 11) is 0. The fourth-order valence-electron chi connectivity index (χ4n) is 3.65. The smallest absolute Gasteiger partial charge is 0.235 e. The number of anilines is 2. The predicted octanol–water partition coefficient (Wildman–Crippen LogP) is 0.799. The first-order chi connectivity index (χ1) is 12.7. The Morgan fingerprint density at radius 1 is 1.23 bits per heavy atom. The van der Waals surface area contributed by atoms with Gasteiger partial charge in [0.15, 0.2) is 0 Å². The van der Waals surface area contributed by atoms with E-state index in [1.165, 1.54) is 0 Å². The van der Waals surface area contributed by atoms with E-state index in [0.29, 0.717) is 30.2 Å². The summed E-state index contributed by atoms with van der Waals surface area (Å²) < 4.78 is 10.9. The summed E-state index contributed by atoms with van der Waals surface area (Å²) in [4.78, 5) is 11.4. The van der Waals surface area contributed by atoms with Crippen LogP contribution >= 0.6 is 0 Å². The lowest BCUT2D eigenvalue weighted by molar-refractivity contribution is 0.168. The molecule has 0 radical (unpaired) electrons. The van der Waals surface area contributed by atoms with Crippen LogP contribution in [0.1, 0.15) is 29.5 Å². The molecule has 1 fully saturated rings. The van der Waals surface area contributed by atoms with Crippen molar-refractivity contribution < 1.29 is 9.15 Å². The Labute approximate surface area is 152 Å². The molecule has 0 spiro atoms. The first-order valence-electron chi connectivity index (χ1n) is 9.15. The summed E-state index contributed by atoms with van der Waals surface area (Å²) in [6.07, 6.45) is 2.94. The van der Waals surface area contributed by atoms with Crippen molar-refractivity contribution in [2.75, 3.05) is 43.9 Å². The molecule has 2 aliphatic rings. The minimum atomic E-state index is 0.297. The van der Waals surface area contributed by atoms with Gasteiger partial charge in [-0.3, -0.25) is 0 Å². The SMILES string of the molecule is Cc1nnc(CNc2nc(N)nc3c2CCN(CC2CCOC2)CC3)o1. The van der Waals surface area contributed by atoms with Gasteiger partial charge < -0.3 is 25.1 Å². The van der Waals surface area contributed by atoms with Gasteiger partial charge in [-0.2, -0.15) is 4.98 Å². The van der Waals surface area contributed by atoms with Crippen LogP contribution in [0.3, 0.4) is 0 Å². The zero-order chi connectivity index (χ0) is 17.9. The Kier molecular flexibility index (Phi) is 4.98. The Bertz CT molecular complexity index is 758. The molecule has 140 valence electrons. The average molecular weight is 359 g/mol. The van der Waals surface area contributed by atoms with Crippen LogP contribution in [0.25, 0.3) is 0 Å². The molecule has 0 aliphatic carbocycles. The monoisotopic (exact) mass is 359 g/mol. The molecule has 2 aromatic rings. The van der Waals surface area contributed by atoms with Crippen molar-refractivity contribution in [1.29, 1.82) is 0 Å². The molecular weight excluding hydrogens is 334 g/mol. The molecule has 3 N–H and O–H groups in total. The second-order valence-corrected chi connectivity index (χ2v) is 6.95. The maximum Gasteiger partial charge on any atom is 0.235 e.